The number of carboxylic acid groups (broad SMARTS) is 1. The second kappa shape index (κ2) is 7.46. The maximum absolute atomic E-state index is 10.9. The Labute approximate surface area is 126 Å². The van der Waals surface area contributed by atoms with Crippen LogP contribution in [0.2, 0.25) is 0 Å². The number of carbonyl (C=O) groups is 1. The minimum Gasteiger partial charge on any atom is -0.492 e. The van der Waals surface area contributed by atoms with Gasteiger partial charge in [-0.2, -0.15) is 0 Å². The summed E-state index contributed by atoms with van der Waals surface area (Å²) in [5, 5.41) is 12.5. The minimum atomic E-state index is -0.927. The van der Waals surface area contributed by atoms with E-state index in [0.29, 0.717) is 24.3 Å². The predicted octanol–water partition coefficient (Wildman–Crippen LogP) is 3.18. The number of hydrogen-bond donors (Lipinski definition) is 2. The monoisotopic (exact) mass is 291 g/mol. The lowest BCUT2D eigenvalue weighted by molar-refractivity contribution is 0.0696. The highest BCUT2D eigenvalue weighted by Gasteiger charge is 2.26. The topological polar surface area (TPSA) is 58.6 Å². The predicted molar refractivity (Wildman–Crippen MR) is 82.9 cm³/mol. The number of benzene rings is 1. The molecule has 4 nitrogen and oxygen atoms in total. The molecule has 1 fully saturated rings. The van der Waals surface area contributed by atoms with E-state index in [1.807, 2.05) is 0 Å². The molecule has 1 aliphatic carbocycles. The molecular weight excluding hydrogens is 266 g/mol. The van der Waals surface area contributed by atoms with E-state index in [1.54, 1.807) is 24.3 Å². The van der Waals surface area contributed by atoms with Crippen LogP contribution in [0.5, 0.6) is 5.75 Å². The highest BCUT2D eigenvalue weighted by Crippen LogP contribution is 2.29. The number of ether oxygens (including phenoxy) is 1. The zero-order valence-corrected chi connectivity index (χ0v) is 12.8. The van der Waals surface area contributed by atoms with Crippen LogP contribution in [-0.4, -0.2) is 30.3 Å². The van der Waals surface area contributed by atoms with E-state index in [9.17, 15) is 4.79 Å². The molecule has 1 aromatic carbocycles. The van der Waals surface area contributed by atoms with Crippen LogP contribution < -0.4 is 10.1 Å². The van der Waals surface area contributed by atoms with Crippen LogP contribution in [0.3, 0.4) is 0 Å². The lowest BCUT2D eigenvalue weighted by atomic mass is 9.78. The average Bonchev–Trinajstić information content (AvgIpc) is 2.48. The van der Waals surface area contributed by atoms with Crippen molar-refractivity contribution in [2.24, 2.45) is 11.8 Å². The van der Waals surface area contributed by atoms with Crippen LogP contribution in [0.4, 0.5) is 0 Å². The molecule has 3 unspecified atom stereocenters. The lowest BCUT2D eigenvalue weighted by Gasteiger charge is -2.34. The smallest absolute Gasteiger partial charge is 0.335 e. The standard InChI is InChI=1S/C17H25NO3/c1-12-5-3-8-16(13(12)2)18-9-10-21-15-7-4-6-14(11-15)17(19)20/h4,6-7,11-13,16,18H,3,5,8-10H2,1-2H3,(H,19,20). The van der Waals surface area contributed by atoms with Crippen molar-refractivity contribution >= 4 is 5.97 Å². The molecule has 0 radical (unpaired) electrons. The van der Waals surface area contributed by atoms with E-state index < -0.39 is 5.97 Å². The Balaban J connectivity index is 1.74. The summed E-state index contributed by atoms with van der Waals surface area (Å²) in [5.74, 6) is 1.17. The first-order valence-corrected chi connectivity index (χ1v) is 7.77. The summed E-state index contributed by atoms with van der Waals surface area (Å²) in [4.78, 5) is 10.9. The summed E-state index contributed by atoms with van der Waals surface area (Å²) >= 11 is 0. The van der Waals surface area contributed by atoms with Gasteiger partial charge >= 0.3 is 5.97 Å². The second-order valence-electron chi connectivity index (χ2n) is 6.01. The third-order valence-corrected chi connectivity index (χ3v) is 4.57. The highest BCUT2D eigenvalue weighted by molar-refractivity contribution is 5.87. The molecular formula is C17H25NO3. The Kier molecular flexibility index (Phi) is 5.62. The molecule has 3 atom stereocenters. The van der Waals surface area contributed by atoms with E-state index >= 15 is 0 Å². The maximum atomic E-state index is 10.9. The van der Waals surface area contributed by atoms with Crippen LogP contribution in [-0.2, 0) is 0 Å². The molecule has 2 N–H and O–H groups in total. The van der Waals surface area contributed by atoms with Crippen molar-refractivity contribution in [1.82, 2.24) is 5.32 Å². The fourth-order valence-corrected chi connectivity index (χ4v) is 3.00. The quantitative estimate of drug-likeness (QED) is 0.790. The lowest BCUT2D eigenvalue weighted by Crippen LogP contribution is -2.42. The van der Waals surface area contributed by atoms with Crippen LogP contribution in [0.15, 0.2) is 24.3 Å². The van der Waals surface area contributed by atoms with Crippen molar-refractivity contribution in [3.8, 4) is 5.75 Å². The molecule has 4 heteroatoms. The van der Waals surface area contributed by atoms with Crippen LogP contribution >= 0.6 is 0 Å². The fourth-order valence-electron chi connectivity index (χ4n) is 3.00. The Morgan fingerprint density at radius 2 is 2.19 bits per heavy atom. The van der Waals surface area contributed by atoms with Gasteiger partial charge < -0.3 is 15.2 Å². The number of carboxylic acids is 1. The minimum absolute atomic E-state index is 0.259. The molecule has 0 bridgehead atoms. The number of aromatic carboxylic acids is 1. The molecule has 1 aromatic rings. The Bertz CT molecular complexity index is 475. The van der Waals surface area contributed by atoms with Gasteiger partial charge in [-0.3, -0.25) is 0 Å². The van der Waals surface area contributed by atoms with Gasteiger partial charge in [0.05, 0.1) is 5.56 Å². The summed E-state index contributed by atoms with van der Waals surface area (Å²) < 4.78 is 5.62. The molecule has 116 valence electrons. The van der Waals surface area contributed by atoms with E-state index in [0.717, 1.165) is 12.5 Å². The van der Waals surface area contributed by atoms with Crippen LogP contribution in [0, 0.1) is 11.8 Å². The van der Waals surface area contributed by atoms with E-state index in [-0.39, 0.29) is 5.56 Å². The Hall–Kier alpha value is -1.55. The van der Waals surface area contributed by atoms with Crippen molar-refractivity contribution in [2.75, 3.05) is 13.2 Å². The van der Waals surface area contributed by atoms with Gasteiger partial charge in [-0.1, -0.05) is 32.8 Å². The summed E-state index contributed by atoms with van der Waals surface area (Å²) in [6.45, 7) is 5.99. The SMILES string of the molecule is CC1CCCC(NCCOc2cccc(C(=O)O)c2)C1C. The fraction of sp³-hybridized carbons (Fsp3) is 0.588. The normalized spacial score (nSPS) is 25.5. The third kappa shape index (κ3) is 4.46. The molecule has 0 aliphatic heterocycles. The Morgan fingerprint density at radius 3 is 2.95 bits per heavy atom. The summed E-state index contributed by atoms with van der Waals surface area (Å²) in [7, 11) is 0. The van der Waals surface area contributed by atoms with Crippen molar-refractivity contribution in [3.05, 3.63) is 29.8 Å². The van der Waals surface area contributed by atoms with Crippen molar-refractivity contribution in [3.63, 3.8) is 0 Å². The summed E-state index contributed by atoms with van der Waals surface area (Å²) in [5.41, 5.74) is 0.259. The summed E-state index contributed by atoms with van der Waals surface area (Å²) in [6, 6.07) is 7.20. The van der Waals surface area contributed by atoms with Crippen molar-refractivity contribution < 1.29 is 14.6 Å². The van der Waals surface area contributed by atoms with Gasteiger partial charge in [0.15, 0.2) is 0 Å². The molecule has 0 amide bonds. The van der Waals surface area contributed by atoms with Gasteiger partial charge in [-0.15, -0.1) is 0 Å². The first-order chi connectivity index (χ1) is 10.1. The van der Waals surface area contributed by atoms with Gasteiger partial charge in [0.25, 0.3) is 0 Å². The van der Waals surface area contributed by atoms with E-state index in [1.165, 1.54) is 19.3 Å². The first kappa shape index (κ1) is 15.8. The van der Waals surface area contributed by atoms with Gasteiger partial charge in [0.1, 0.15) is 12.4 Å². The molecule has 1 aliphatic rings. The Morgan fingerprint density at radius 1 is 1.38 bits per heavy atom. The molecule has 0 aromatic heterocycles. The summed E-state index contributed by atoms with van der Waals surface area (Å²) in [6.07, 6.45) is 3.86. The third-order valence-electron chi connectivity index (χ3n) is 4.57. The zero-order chi connectivity index (χ0) is 15.2. The van der Waals surface area contributed by atoms with Crippen molar-refractivity contribution in [2.45, 2.75) is 39.2 Å². The molecule has 0 heterocycles. The van der Waals surface area contributed by atoms with Crippen LogP contribution in [0.25, 0.3) is 0 Å². The highest BCUT2D eigenvalue weighted by atomic mass is 16.5. The number of rotatable bonds is 6. The molecule has 0 spiro atoms. The molecule has 0 saturated heterocycles. The van der Waals surface area contributed by atoms with Gasteiger partial charge in [-0.25, -0.2) is 4.79 Å². The average molecular weight is 291 g/mol. The molecule has 21 heavy (non-hydrogen) atoms. The maximum Gasteiger partial charge on any atom is 0.335 e. The van der Waals surface area contributed by atoms with Gasteiger partial charge in [-0.05, 0) is 36.5 Å². The van der Waals surface area contributed by atoms with E-state index in [4.69, 9.17) is 9.84 Å². The largest absolute Gasteiger partial charge is 0.492 e. The van der Waals surface area contributed by atoms with Gasteiger partial charge in [0, 0.05) is 12.6 Å². The molecule has 1 saturated carbocycles. The number of nitrogens with one attached hydrogen (secondary N) is 1. The second-order valence-corrected chi connectivity index (χ2v) is 6.01. The number of hydrogen-bond acceptors (Lipinski definition) is 3. The van der Waals surface area contributed by atoms with E-state index in [2.05, 4.69) is 19.2 Å². The van der Waals surface area contributed by atoms with Gasteiger partial charge in [0.2, 0.25) is 0 Å². The van der Waals surface area contributed by atoms with Crippen LogP contribution in [0.1, 0.15) is 43.5 Å². The zero-order valence-electron chi connectivity index (χ0n) is 12.8. The van der Waals surface area contributed by atoms with Crippen molar-refractivity contribution in [1.29, 1.82) is 0 Å². The first-order valence-electron chi connectivity index (χ1n) is 7.77. The molecule has 2 rings (SSSR count).